The number of hydrogen-bond acceptors (Lipinski definition) is 1. The van der Waals surface area contributed by atoms with Gasteiger partial charge in [0.1, 0.15) is 5.75 Å². The molecule has 0 fully saturated rings. The largest absolute Gasteiger partial charge is 0.508 e. The Morgan fingerprint density at radius 3 is 1.89 bits per heavy atom. The van der Waals surface area contributed by atoms with Crippen LogP contribution >= 0.6 is 0 Å². The summed E-state index contributed by atoms with van der Waals surface area (Å²) in [6.45, 7) is 4.52. The Morgan fingerprint density at radius 2 is 1.39 bits per heavy atom. The lowest BCUT2D eigenvalue weighted by atomic mass is 9.97. The highest BCUT2D eigenvalue weighted by molar-refractivity contribution is 5.64. The van der Waals surface area contributed by atoms with Crippen LogP contribution < -0.4 is 0 Å². The molecule has 0 bridgehead atoms. The van der Waals surface area contributed by atoms with Gasteiger partial charge in [0.05, 0.1) is 0 Å². The second-order valence-corrected chi connectivity index (χ2v) is 4.96. The van der Waals surface area contributed by atoms with Crippen molar-refractivity contribution in [2.24, 2.45) is 5.92 Å². The maximum Gasteiger partial charge on any atom is 0.115 e. The van der Waals surface area contributed by atoms with Crippen molar-refractivity contribution in [3.8, 4) is 16.9 Å². The van der Waals surface area contributed by atoms with Gasteiger partial charge in [0.15, 0.2) is 0 Å². The zero-order valence-electron chi connectivity index (χ0n) is 11.1. The van der Waals surface area contributed by atoms with E-state index in [9.17, 15) is 5.11 Å². The lowest BCUT2D eigenvalue weighted by molar-refractivity contribution is 0.475. The highest BCUT2D eigenvalue weighted by atomic mass is 16.3. The summed E-state index contributed by atoms with van der Waals surface area (Å²) in [7, 11) is 0. The van der Waals surface area contributed by atoms with Crippen LogP contribution in [-0.2, 0) is 6.42 Å². The molecule has 1 atom stereocenters. The van der Waals surface area contributed by atoms with Crippen molar-refractivity contribution in [1.29, 1.82) is 0 Å². The third-order valence-corrected chi connectivity index (χ3v) is 3.44. The Kier molecular flexibility index (Phi) is 4.03. The van der Waals surface area contributed by atoms with Crippen molar-refractivity contribution >= 4 is 0 Å². The van der Waals surface area contributed by atoms with Crippen LogP contribution in [0, 0.1) is 5.92 Å². The monoisotopic (exact) mass is 240 g/mol. The maximum absolute atomic E-state index is 9.27. The number of hydrogen-bond donors (Lipinski definition) is 1. The standard InChI is InChI=1S/C17H20O/c1-3-13(2)12-14-4-6-15(7-5-14)16-8-10-17(18)11-9-16/h4-11,13,18H,3,12H2,1-2H3/t13-/m1/s1. The highest BCUT2D eigenvalue weighted by Crippen LogP contribution is 2.23. The molecule has 18 heavy (non-hydrogen) atoms. The van der Waals surface area contributed by atoms with Crippen LogP contribution in [0.4, 0.5) is 0 Å². The van der Waals surface area contributed by atoms with Crippen LogP contribution in [0.1, 0.15) is 25.8 Å². The minimum Gasteiger partial charge on any atom is -0.508 e. The third-order valence-electron chi connectivity index (χ3n) is 3.44. The van der Waals surface area contributed by atoms with Gasteiger partial charge in [0.2, 0.25) is 0 Å². The molecule has 0 aromatic heterocycles. The van der Waals surface area contributed by atoms with E-state index in [0.29, 0.717) is 5.75 Å². The van der Waals surface area contributed by atoms with Crippen molar-refractivity contribution in [1.82, 2.24) is 0 Å². The molecule has 0 unspecified atom stereocenters. The van der Waals surface area contributed by atoms with E-state index >= 15 is 0 Å². The second-order valence-electron chi connectivity index (χ2n) is 4.96. The van der Waals surface area contributed by atoms with Crippen LogP contribution in [0.15, 0.2) is 48.5 Å². The molecule has 0 aliphatic heterocycles. The second kappa shape index (κ2) is 5.72. The average molecular weight is 240 g/mol. The third kappa shape index (κ3) is 3.13. The van der Waals surface area contributed by atoms with Gasteiger partial charge < -0.3 is 5.11 Å². The smallest absolute Gasteiger partial charge is 0.115 e. The van der Waals surface area contributed by atoms with Gasteiger partial charge in [0, 0.05) is 0 Å². The predicted molar refractivity (Wildman–Crippen MR) is 76.7 cm³/mol. The first-order chi connectivity index (χ1) is 8.69. The number of aromatic hydroxyl groups is 1. The Hall–Kier alpha value is -1.76. The fourth-order valence-electron chi connectivity index (χ4n) is 2.03. The lowest BCUT2D eigenvalue weighted by Gasteiger charge is -2.09. The van der Waals surface area contributed by atoms with Crippen LogP contribution in [0.3, 0.4) is 0 Å². The van der Waals surface area contributed by atoms with Gasteiger partial charge in [-0.1, -0.05) is 56.7 Å². The van der Waals surface area contributed by atoms with Crippen molar-refractivity contribution in [3.63, 3.8) is 0 Å². The van der Waals surface area contributed by atoms with E-state index in [1.54, 1.807) is 12.1 Å². The molecule has 0 aliphatic rings. The van der Waals surface area contributed by atoms with Gasteiger partial charge >= 0.3 is 0 Å². The lowest BCUT2D eigenvalue weighted by Crippen LogP contribution is -1.97. The van der Waals surface area contributed by atoms with Crippen molar-refractivity contribution in [2.75, 3.05) is 0 Å². The van der Waals surface area contributed by atoms with Crippen LogP contribution in [0.25, 0.3) is 11.1 Å². The summed E-state index contributed by atoms with van der Waals surface area (Å²) in [6.07, 6.45) is 2.37. The van der Waals surface area contributed by atoms with Gasteiger partial charge in [-0.3, -0.25) is 0 Å². The zero-order valence-corrected chi connectivity index (χ0v) is 11.1. The summed E-state index contributed by atoms with van der Waals surface area (Å²) in [4.78, 5) is 0. The number of rotatable bonds is 4. The van der Waals surface area contributed by atoms with E-state index in [0.717, 1.165) is 17.9 Å². The van der Waals surface area contributed by atoms with E-state index in [2.05, 4.69) is 38.1 Å². The van der Waals surface area contributed by atoms with Gasteiger partial charge in [-0.05, 0) is 41.2 Å². The first kappa shape index (κ1) is 12.7. The molecule has 0 radical (unpaired) electrons. The molecule has 0 aliphatic carbocycles. The Balaban J connectivity index is 2.14. The fraction of sp³-hybridized carbons (Fsp3) is 0.294. The zero-order chi connectivity index (χ0) is 13.0. The predicted octanol–water partition coefficient (Wildman–Crippen LogP) is 4.65. The van der Waals surface area contributed by atoms with Crippen LogP contribution in [0.2, 0.25) is 0 Å². The molecule has 1 N–H and O–H groups in total. The van der Waals surface area contributed by atoms with E-state index < -0.39 is 0 Å². The Labute approximate surface area is 109 Å². The van der Waals surface area contributed by atoms with E-state index in [1.165, 1.54) is 17.5 Å². The quantitative estimate of drug-likeness (QED) is 0.825. The molecule has 1 heteroatoms. The molecular formula is C17H20O. The van der Waals surface area contributed by atoms with Crippen LogP contribution in [0.5, 0.6) is 5.75 Å². The molecule has 2 rings (SSSR count). The summed E-state index contributed by atoms with van der Waals surface area (Å²) in [6, 6.07) is 16.1. The molecule has 0 spiro atoms. The van der Waals surface area contributed by atoms with Gasteiger partial charge in [0.25, 0.3) is 0 Å². The minimum atomic E-state index is 0.312. The molecule has 0 amide bonds. The summed E-state index contributed by atoms with van der Waals surface area (Å²) in [5, 5.41) is 9.27. The Bertz CT molecular complexity index is 482. The van der Waals surface area contributed by atoms with Crippen LogP contribution in [-0.4, -0.2) is 5.11 Å². The molecule has 0 heterocycles. The molecule has 0 saturated carbocycles. The van der Waals surface area contributed by atoms with Crippen molar-refractivity contribution in [3.05, 3.63) is 54.1 Å². The number of phenolic OH excluding ortho intramolecular Hbond substituents is 1. The SMILES string of the molecule is CC[C@@H](C)Cc1ccc(-c2ccc(O)cc2)cc1. The normalized spacial score (nSPS) is 12.3. The molecule has 2 aromatic rings. The van der Waals surface area contributed by atoms with Crippen molar-refractivity contribution in [2.45, 2.75) is 26.7 Å². The fourth-order valence-corrected chi connectivity index (χ4v) is 2.03. The number of benzene rings is 2. The molecule has 1 nitrogen and oxygen atoms in total. The van der Waals surface area contributed by atoms with Gasteiger partial charge in [-0.15, -0.1) is 0 Å². The molecular weight excluding hydrogens is 220 g/mol. The van der Waals surface area contributed by atoms with Crippen molar-refractivity contribution < 1.29 is 5.11 Å². The van der Waals surface area contributed by atoms with E-state index in [4.69, 9.17) is 0 Å². The highest BCUT2D eigenvalue weighted by Gasteiger charge is 2.02. The van der Waals surface area contributed by atoms with E-state index in [1.807, 2.05) is 12.1 Å². The van der Waals surface area contributed by atoms with Gasteiger partial charge in [-0.2, -0.15) is 0 Å². The summed E-state index contributed by atoms with van der Waals surface area (Å²) < 4.78 is 0. The summed E-state index contributed by atoms with van der Waals surface area (Å²) in [5.41, 5.74) is 3.73. The summed E-state index contributed by atoms with van der Waals surface area (Å²) >= 11 is 0. The number of phenols is 1. The minimum absolute atomic E-state index is 0.312. The first-order valence-electron chi connectivity index (χ1n) is 6.57. The molecule has 94 valence electrons. The average Bonchev–Trinajstić information content (AvgIpc) is 2.40. The van der Waals surface area contributed by atoms with Gasteiger partial charge in [-0.25, -0.2) is 0 Å². The molecule has 0 saturated heterocycles. The topological polar surface area (TPSA) is 20.2 Å². The molecule has 2 aromatic carbocycles. The summed E-state index contributed by atoms with van der Waals surface area (Å²) in [5.74, 6) is 1.05. The Morgan fingerprint density at radius 1 is 0.889 bits per heavy atom. The maximum atomic E-state index is 9.27. The first-order valence-corrected chi connectivity index (χ1v) is 6.57. The van der Waals surface area contributed by atoms with E-state index in [-0.39, 0.29) is 0 Å².